The van der Waals surface area contributed by atoms with Crippen LogP contribution in [-0.2, 0) is 18.4 Å². The van der Waals surface area contributed by atoms with E-state index in [4.69, 9.17) is 5.73 Å². The molecule has 0 aliphatic rings. The third-order valence-electron chi connectivity index (χ3n) is 4.32. The highest BCUT2D eigenvalue weighted by Crippen LogP contribution is 2.32. The van der Waals surface area contributed by atoms with Gasteiger partial charge in [-0.05, 0) is 48.1 Å². The first-order valence-electron chi connectivity index (χ1n) is 8.39. The fourth-order valence-electron chi connectivity index (χ4n) is 2.97. The van der Waals surface area contributed by atoms with Crippen molar-refractivity contribution in [2.75, 3.05) is 6.54 Å². The van der Waals surface area contributed by atoms with Crippen molar-refractivity contribution in [2.45, 2.75) is 58.9 Å². The Balaban J connectivity index is 2.77. The lowest BCUT2D eigenvalue weighted by Gasteiger charge is -2.20. The zero-order valence-electron chi connectivity index (χ0n) is 14.6. The van der Waals surface area contributed by atoms with E-state index in [9.17, 15) is 9.90 Å². The van der Waals surface area contributed by atoms with Crippen molar-refractivity contribution in [2.24, 2.45) is 5.73 Å². The van der Waals surface area contributed by atoms with Crippen LogP contribution in [-0.4, -0.2) is 22.2 Å². The van der Waals surface area contributed by atoms with Crippen molar-refractivity contribution < 1.29 is 9.90 Å². The van der Waals surface area contributed by atoms with E-state index in [-0.39, 0.29) is 5.41 Å². The molecule has 1 heterocycles. The van der Waals surface area contributed by atoms with Gasteiger partial charge < -0.3 is 15.4 Å². The Bertz CT molecular complexity index is 708. The Morgan fingerprint density at radius 1 is 1.30 bits per heavy atom. The van der Waals surface area contributed by atoms with Crippen LogP contribution in [0.3, 0.4) is 0 Å². The predicted molar refractivity (Wildman–Crippen MR) is 95.3 cm³/mol. The molecule has 0 saturated heterocycles. The Morgan fingerprint density at radius 2 is 2.00 bits per heavy atom. The van der Waals surface area contributed by atoms with E-state index in [0.717, 1.165) is 47.8 Å². The summed E-state index contributed by atoms with van der Waals surface area (Å²) in [6.45, 7) is 9.87. The molecular formula is C19H28N2O2. The Hall–Kier alpha value is -1.81. The molecular weight excluding hydrogens is 288 g/mol. The van der Waals surface area contributed by atoms with Crippen molar-refractivity contribution in [3.63, 3.8) is 0 Å². The summed E-state index contributed by atoms with van der Waals surface area (Å²) in [7, 11) is 0. The molecule has 0 fully saturated rings. The molecule has 4 heteroatoms. The van der Waals surface area contributed by atoms with Gasteiger partial charge >= 0.3 is 5.97 Å². The lowest BCUT2D eigenvalue weighted by molar-refractivity contribution is 0.0698. The fourth-order valence-corrected chi connectivity index (χ4v) is 2.97. The number of rotatable bonds is 6. The first-order valence-corrected chi connectivity index (χ1v) is 8.39. The number of carbonyl (C=O) groups is 1. The van der Waals surface area contributed by atoms with Gasteiger partial charge in [0, 0.05) is 18.1 Å². The van der Waals surface area contributed by atoms with E-state index in [1.807, 2.05) is 6.07 Å². The van der Waals surface area contributed by atoms with Crippen LogP contribution in [0, 0.1) is 0 Å². The quantitative estimate of drug-likeness (QED) is 0.848. The summed E-state index contributed by atoms with van der Waals surface area (Å²) in [4.78, 5) is 11.8. The number of carboxylic acid groups (broad SMARTS) is 1. The Labute approximate surface area is 138 Å². The van der Waals surface area contributed by atoms with Crippen LogP contribution in [0.1, 0.15) is 62.0 Å². The summed E-state index contributed by atoms with van der Waals surface area (Å²) in [6.07, 6.45) is 4.97. The third kappa shape index (κ3) is 3.58. The largest absolute Gasteiger partial charge is 0.478 e. The number of fused-ring (bicyclic) bond motifs is 1. The monoisotopic (exact) mass is 316 g/mol. The van der Waals surface area contributed by atoms with Gasteiger partial charge in [0.15, 0.2) is 0 Å². The lowest BCUT2D eigenvalue weighted by atomic mass is 9.85. The first kappa shape index (κ1) is 17.5. The maximum atomic E-state index is 11.8. The standard InChI is InChI=1S/C19H28N2O2/c1-5-6-9-21-12-13(7-8-20)15-10-14(19(2,3)4)11-16(17(15)21)18(22)23/h10-12H,5-9,20H2,1-4H3,(H,22,23). The van der Waals surface area contributed by atoms with Crippen molar-refractivity contribution >= 4 is 16.9 Å². The third-order valence-corrected chi connectivity index (χ3v) is 4.32. The van der Waals surface area contributed by atoms with Gasteiger partial charge in [-0.2, -0.15) is 0 Å². The number of nitrogens with two attached hydrogens (primary N) is 1. The van der Waals surface area contributed by atoms with Crippen molar-refractivity contribution in [1.82, 2.24) is 4.57 Å². The van der Waals surface area contributed by atoms with Crippen LogP contribution in [0.25, 0.3) is 10.9 Å². The van der Waals surface area contributed by atoms with Crippen LogP contribution in [0.4, 0.5) is 0 Å². The summed E-state index contributed by atoms with van der Waals surface area (Å²) >= 11 is 0. The highest BCUT2D eigenvalue weighted by atomic mass is 16.4. The highest BCUT2D eigenvalue weighted by Gasteiger charge is 2.22. The number of carboxylic acids is 1. The zero-order chi connectivity index (χ0) is 17.2. The second-order valence-electron chi connectivity index (χ2n) is 7.22. The van der Waals surface area contributed by atoms with E-state index in [1.165, 1.54) is 0 Å². The molecule has 0 amide bonds. The first-order chi connectivity index (χ1) is 10.8. The second-order valence-corrected chi connectivity index (χ2v) is 7.22. The summed E-state index contributed by atoms with van der Waals surface area (Å²) in [5, 5.41) is 10.8. The smallest absolute Gasteiger partial charge is 0.337 e. The van der Waals surface area contributed by atoms with Crippen LogP contribution in [0.2, 0.25) is 0 Å². The number of aryl methyl sites for hydroxylation is 1. The van der Waals surface area contributed by atoms with Gasteiger partial charge in [0.25, 0.3) is 0 Å². The minimum Gasteiger partial charge on any atom is -0.478 e. The molecule has 0 unspecified atom stereocenters. The molecule has 0 aliphatic heterocycles. The molecule has 1 aromatic carbocycles. The number of unbranched alkanes of at least 4 members (excludes halogenated alkanes) is 1. The number of benzene rings is 1. The average molecular weight is 316 g/mol. The van der Waals surface area contributed by atoms with Crippen LogP contribution in [0.15, 0.2) is 18.3 Å². The molecule has 3 N–H and O–H groups in total. The minimum absolute atomic E-state index is 0.0934. The van der Waals surface area contributed by atoms with Crippen LogP contribution < -0.4 is 5.73 Å². The van der Waals surface area contributed by atoms with Gasteiger partial charge in [-0.15, -0.1) is 0 Å². The summed E-state index contributed by atoms with van der Waals surface area (Å²) < 4.78 is 2.10. The molecule has 2 aromatic rings. The van der Waals surface area contributed by atoms with E-state index >= 15 is 0 Å². The second kappa shape index (κ2) is 6.75. The molecule has 4 nitrogen and oxygen atoms in total. The number of aromatic nitrogens is 1. The SMILES string of the molecule is CCCCn1cc(CCN)c2cc(C(C)(C)C)cc(C(=O)O)c21. The summed E-state index contributed by atoms with van der Waals surface area (Å²) in [6, 6.07) is 3.98. The van der Waals surface area contributed by atoms with Gasteiger partial charge in [0.2, 0.25) is 0 Å². The van der Waals surface area contributed by atoms with Crippen LogP contribution in [0.5, 0.6) is 0 Å². The molecule has 0 aliphatic carbocycles. The molecule has 2 rings (SSSR count). The van der Waals surface area contributed by atoms with Crippen molar-refractivity contribution in [1.29, 1.82) is 0 Å². The fraction of sp³-hybridized carbons (Fsp3) is 0.526. The van der Waals surface area contributed by atoms with Gasteiger partial charge in [-0.1, -0.05) is 34.1 Å². The van der Waals surface area contributed by atoms with E-state index in [0.29, 0.717) is 12.1 Å². The minimum atomic E-state index is -0.865. The molecule has 0 atom stereocenters. The topological polar surface area (TPSA) is 68.2 Å². The maximum absolute atomic E-state index is 11.8. The number of hydrogen-bond donors (Lipinski definition) is 2. The normalized spacial score (nSPS) is 12.0. The molecule has 0 saturated carbocycles. The molecule has 23 heavy (non-hydrogen) atoms. The highest BCUT2D eigenvalue weighted by molar-refractivity contribution is 6.04. The van der Waals surface area contributed by atoms with Crippen molar-refractivity contribution in [3.05, 3.63) is 35.0 Å². The molecule has 126 valence electrons. The van der Waals surface area contributed by atoms with Crippen LogP contribution >= 0.6 is 0 Å². The maximum Gasteiger partial charge on any atom is 0.337 e. The number of aromatic carboxylic acids is 1. The summed E-state index contributed by atoms with van der Waals surface area (Å²) in [5.74, 6) is -0.865. The van der Waals surface area contributed by atoms with E-state index in [1.54, 1.807) is 0 Å². The molecule has 0 radical (unpaired) electrons. The molecule has 0 bridgehead atoms. The average Bonchev–Trinajstić information content (AvgIpc) is 2.81. The molecule has 1 aromatic heterocycles. The zero-order valence-corrected chi connectivity index (χ0v) is 14.6. The number of hydrogen-bond acceptors (Lipinski definition) is 2. The Kier molecular flexibility index (Phi) is 5.15. The van der Waals surface area contributed by atoms with Crippen molar-refractivity contribution in [3.8, 4) is 0 Å². The van der Waals surface area contributed by atoms with Gasteiger partial charge in [0.05, 0.1) is 11.1 Å². The Morgan fingerprint density at radius 3 is 2.52 bits per heavy atom. The van der Waals surface area contributed by atoms with Gasteiger partial charge in [-0.25, -0.2) is 4.79 Å². The van der Waals surface area contributed by atoms with E-state index < -0.39 is 5.97 Å². The number of nitrogens with zero attached hydrogens (tertiary/aromatic N) is 1. The van der Waals surface area contributed by atoms with Gasteiger partial charge in [0.1, 0.15) is 0 Å². The lowest BCUT2D eigenvalue weighted by Crippen LogP contribution is -2.13. The van der Waals surface area contributed by atoms with Gasteiger partial charge in [-0.3, -0.25) is 0 Å². The molecule has 0 spiro atoms. The van der Waals surface area contributed by atoms with E-state index in [2.05, 4.69) is 44.5 Å². The summed E-state index contributed by atoms with van der Waals surface area (Å²) in [5.41, 5.74) is 9.09. The predicted octanol–water partition coefficient (Wildman–Crippen LogP) is 3.94.